The number of hydrogen-bond donors (Lipinski definition) is 0. The van der Waals surface area contributed by atoms with Gasteiger partial charge in [-0.3, -0.25) is 9.59 Å². The molecule has 0 bridgehead atoms. The second kappa shape index (κ2) is 24.0. The lowest BCUT2D eigenvalue weighted by Gasteiger charge is -2.23. The van der Waals surface area contributed by atoms with Crippen molar-refractivity contribution in [3.05, 3.63) is 0 Å². The van der Waals surface area contributed by atoms with Gasteiger partial charge in [0.05, 0.1) is 101 Å². The predicted molar refractivity (Wildman–Crippen MR) is 164 cm³/mol. The van der Waals surface area contributed by atoms with Crippen LogP contribution in [0.15, 0.2) is 0 Å². The van der Waals surface area contributed by atoms with E-state index in [0.717, 1.165) is 0 Å². The minimum Gasteiger partial charge on any atom is -0.463 e. The van der Waals surface area contributed by atoms with E-state index in [1.807, 2.05) is 55.4 Å². The molecule has 256 valence electrons. The molecular formula is C32H62O11. The average Bonchev–Trinajstić information content (AvgIpc) is 2.95. The zero-order chi connectivity index (χ0) is 32.9. The van der Waals surface area contributed by atoms with Gasteiger partial charge in [-0.2, -0.15) is 0 Å². The molecule has 0 aliphatic carbocycles. The average molecular weight is 623 g/mol. The van der Waals surface area contributed by atoms with Crippen LogP contribution in [0.5, 0.6) is 0 Å². The Morgan fingerprint density at radius 3 is 0.837 bits per heavy atom. The molecular weight excluding hydrogens is 560 g/mol. The van der Waals surface area contributed by atoms with Crippen LogP contribution in [-0.2, 0) is 52.2 Å². The lowest BCUT2D eigenvalue weighted by atomic mass is 10.2. The second-order valence-electron chi connectivity index (χ2n) is 12.2. The van der Waals surface area contributed by atoms with Crippen molar-refractivity contribution in [3.63, 3.8) is 0 Å². The highest BCUT2D eigenvalue weighted by Gasteiger charge is 2.17. The number of carbonyl (C=O) groups is 2. The molecule has 0 saturated heterocycles. The zero-order valence-corrected chi connectivity index (χ0v) is 28.9. The number of hydrogen-bond acceptors (Lipinski definition) is 11. The summed E-state index contributed by atoms with van der Waals surface area (Å²) in [5.41, 5.74) is 0. The fraction of sp³-hybridized carbons (Fsp3) is 0.938. The highest BCUT2D eigenvalue weighted by Crippen LogP contribution is 2.07. The SMILES string of the molecule is CC(COC(=O)C(C)C)OCC(C)OCC(C)OCC(C)OCC(C)OCC(C)OCC(C)OCC(C)OC(=O)C(C)C. The largest absolute Gasteiger partial charge is 0.463 e. The van der Waals surface area contributed by atoms with Crippen molar-refractivity contribution in [3.8, 4) is 0 Å². The molecule has 0 aliphatic heterocycles. The van der Waals surface area contributed by atoms with E-state index in [1.54, 1.807) is 27.7 Å². The van der Waals surface area contributed by atoms with Crippen molar-refractivity contribution >= 4 is 11.9 Å². The maximum Gasteiger partial charge on any atom is 0.308 e. The minimum atomic E-state index is -0.304. The highest BCUT2D eigenvalue weighted by molar-refractivity contribution is 5.71. The monoisotopic (exact) mass is 622 g/mol. The van der Waals surface area contributed by atoms with Crippen molar-refractivity contribution in [1.82, 2.24) is 0 Å². The number of carbonyl (C=O) groups excluding carboxylic acids is 2. The van der Waals surface area contributed by atoms with Crippen LogP contribution in [0.3, 0.4) is 0 Å². The third-order valence-corrected chi connectivity index (χ3v) is 6.03. The van der Waals surface area contributed by atoms with Crippen molar-refractivity contribution < 1.29 is 52.2 Å². The summed E-state index contributed by atoms with van der Waals surface area (Å²) < 4.78 is 51.2. The Morgan fingerprint density at radius 1 is 0.349 bits per heavy atom. The van der Waals surface area contributed by atoms with Crippen molar-refractivity contribution in [2.75, 3.05) is 52.9 Å². The molecule has 0 radical (unpaired) electrons. The first kappa shape index (κ1) is 41.7. The Balaban J connectivity index is 3.94. The van der Waals surface area contributed by atoms with Crippen LogP contribution in [-0.4, -0.2) is 114 Å². The van der Waals surface area contributed by atoms with Gasteiger partial charge in [-0.15, -0.1) is 0 Å². The van der Waals surface area contributed by atoms with Gasteiger partial charge in [0.15, 0.2) is 0 Å². The second-order valence-corrected chi connectivity index (χ2v) is 12.2. The van der Waals surface area contributed by atoms with Crippen LogP contribution in [0.2, 0.25) is 0 Å². The van der Waals surface area contributed by atoms with Crippen molar-refractivity contribution in [2.45, 2.75) is 132 Å². The van der Waals surface area contributed by atoms with Gasteiger partial charge >= 0.3 is 11.9 Å². The summed E-state index contributed by atoms with van der Waals surface area (Å²) in [5.74, 6) is -0.764. The van der Waals surface area contributed by atoms with Crippen LogP contribution in [0.1, 0.15) is 83.1 Å². The Hall–Kier alpha value is -1.34. The van der Waals surface area contributed by atoms with E-state index in [-0.39, 0.29) is 79.2 Å². The summed E-state index contributed by atoms with van der Waals surface area (Å²) in [4.78, 5) is 23.2. The lowest BCUT2D eigenvalue weighted by molar-refractivity contribution is -0.157. The Labute approximate surface area is 260 Å². The summed E-state index contributed by atoms with van der Waals surface area (Å²) >= 11 is 0. The van der Waals surface area contributed by atoms with Crippen LogP contribution >= 0.6 is 0 Å². The Kier molecular flexibility index (Phi) is 23.2. The van der Waals surface area contributed by atoms with E-state index in [0.29, 0.717) is 46.2 Å². The molecule has 8 atom stereocenters. The van der Waals surface area contributed by atoms with E-state index >= 15 is 0 Å². The van der Waals surface area contributed by atoms with Crippen LogP contribution in [0.4, 0.5) is 0 Å². The molecule has 0 aromatic rings. The third kappa shape index (κ3) is 23.7. The van der Waals surface area contributed by atoms with Crippen molar-refractivity contribution in [1.29, 1.82) is 0 Å². The fourth-order valence-electron chi connectivity index (χ4n) is 3.17. The van der Waals surface area contributed by atoms with Crippen molar-refractivity contribution in [2.24, 2.45) is 11.8 Å². The molecule has 0 rings (SSSR count). The number of rotatable bonds is 26. The maximum absolute atomic E-state index is 11.7. The van der Waals surface area contributed by atoms with E-state index < -0.39 is 0 Å². The third-order valence-electron chi connectivity index (χ3n) is 6.03. The van der Waals surface area contributed by atoms with E-state index in [1.165, 1.54) is 0 Å². The number of ether oxygens (including phenoxy) is 9. The predicted octanol–water partition coefficient (Wildman–Crippen LogP) is 4.61. The van der Waals surface area contributed by atoms with E-state index in [4.69, 9.17) is 42.6 Å². The van der Waals surface area contributed by atoms with Gasteiger partial charge in [-0.1, -0.05) is 27.7 Å². The highest BCUT2D eigenvalue weighted by atomic mass is 16.6. The van der Waals surface area contributed by atoms with Gasteiger partial charge in [-0.25, -0.2) is 0 Å². The molecule has 0 amide bonds. The molecule has 0 fully saturated rings. The van der Waals surface area contributed by atoms with Gasteiger partial charge in [0.2, 0.25) is 0 Å². The Bertz CT molecular complexity index is 717. The first-order valence-electron chi connectivity index (χ1n) is 15.8. The summed E-state index contributed by atoms with van der Waals surface area (Å²) in [5, 5.41) is 0. The molecule has 0 aromatic carbocycles. The standard InChI is InChI=1S/C32H62O11/c1-21(2)31(33)42-19-29(11)40-17-27(9)38-15-25(7)36-13-23(5)35-14-24(6)37-16-26(8)39-18-28(10)41-20-30(12)43-32(34)22(3)4/h21-30H,13-20H2,1-12H3. The molecule has 0 saturated carbocycles. The molecule has 0 spiro atoms. The normalized spacial score (nSPS) is 17.6. The smallest absolute Gasteiger partial charge is 0.308 e. The van der Waals surface area contributed by atoms with E-state index in [9.17, 15) is 9.59 Å². The van der Waals surface area contributed by atoms with Gasteiger partial charge < -0.3 is 42.6 Å². The van der Waals surface area contributed by atoms with Gasteiger partial charge in [0.1, 0.15) is 12.7 Å². The summed E-state index contributed by atoms with van der Waals surface area (Å²) in [7, 11) is 0. The van der Waals surface area contributed by atoms with Crippen LogP contribution in [0.25, 0.3) is 0 Å². The van der Waals surface area contributed by atoms with Gasteiger partial charge in [-0.05, 0) is 55.4 Å². The molecule has 11 heteroatoms. The minimum absolute atomic E-state index is 0.0995. The molecule has 0 aliphatic rings. The van der Waals surface area contributed by atoms with Gasteiger partial charge in [0, 0.05) is 0 Å². The first-order valence-corrected chi connectivity index (χ1v) is 15.8. The van der Waals surface area contributed by atoms with E-state index in [2.05, 4.69) is 0 Å². The summed E-state index contributed by atoms with van der Waals surface area (Å²) in [6, 6.07) is 0. The molecule has 0 N–H and O–H groups in total. The first-order chi connectivity index (χ1) is 20.1. The fourth-order valence-corrected chi connectivity index (χ4v) is 3.17. The lowest BCUT2D eigenvalue weighted by Crippen LogP contribution is -2.30. The van der Waals surface area contributed by atoms with Crippen LogP contribution < -0.4 is 0 Å². The van der Waals surface area contributed by atoms with Crippen LogP contribution in [0, 0.1) is 11.8 Å². The summed E-state index contributed by atoms with van der Waals surface area (Å²) in [6.45, 7) is 25.7. The van der Waals surface area contributed by atoms with Gasteiger partial charge in [0.25, 0.3) is 0 Å². The summed E-state index contributed by atoms with van der Waals surface area (Å²) in [6.07, 6.45) is -1.16. The topological polar surface area (TPSA) is 117 Å². The molecule has 0 aromatic heterocycles. The Morgan fingerprint density at radius 2 is 0.581 bits per heavy atom. The maximum atomic E-state index is 11.7. The molecule has 8 unspecified atom stereocenters. The zero-order valence-electron chi connectivity index (χ0n) is 28.9. The molecule has 11 nitrogen and oxygen atoms in total. The number of esters is 2. The molecule has 0 heterocycles. The molecule has 43 heavy (non-hydrogen) atoms. The quantitative estimate of drug-likeness (QED) is 0.126.